The van der Waals surface area contributed by atoms with E-state index in [4.69, 9.17) is 0 Å². The van der Waals surface area contributed by atoms with Crippen LogP contribution in [-0.4, -0.2) is 76.9 Å². The second-order valence-electron chi connectivity index (χ2n) is 12.8. The number of likely N-dealkylation sites (N-methyl/N-ethyl adjacent to an activating group) is 1. The van der Waals surface area contributed by atoms with Gasteiger partial charge in [-0.05, 0) is 73.2 Å². The Bertz CT molecular complexity index is 1500. The molecular weight excluding hydrogens is 568 g/mol. The van der Waals surface area contributed by atoms with Crippen molar-refractivity contribution in [3.63, 3.8) is 0 Å². The van der Waals surface area contributed by atoms with Crippen molar-refractivity contribution in [3.8, 4) is 0 Å². The number of hydrogen-bond donors (Lipinski definition) is 3. The summed E-state index contributed by atoms with van der Waals surface area (Å²) in [4.78, 5) is 56.4. The molecule has 3 aromatic rings. The number of nitrogens with one attached hydrogen (secondary N) is 2. The lowest BCUT2D eigenvalue weighted by Crippen LogP contribution is -2.61. The second-order valence-corrected chi connectivity index (χ2v) is 12.8. The van der Waals surface area contributed by atoms with Gasteiger partial charge in [0.2, 0.25) is 11.8 Å². The fourth-order valence-corrected chi connectivity index (χ4v) is 5.60. The maximum absolute atomic E-state index is 14.4. The van der Waals surface area contributed by atoms with E-state index >= 15 is 0 Å². The summed E-state index contributed by atoms with van der Waals surface area (Å²) in [7, 11) is 1.70. The SMILES string of the molecule is CNC(C)C(=O)NC(C(=O)N1Cc2ccccc2CC1CN(CCc1ccccc1)C(=O)c1ccc(C(=O)O)cc1)C(C)(C)C. The van der Waals surface area contributed by atoms with Crippen LogP contribution in [0.4, 0.5) is 0 Å². The first-order chi connectivity index (χ1) is 21.4. The molecule has 9 heteroatoms. The number of aromatic carboxylic acids is 1. The van der Waals surface area contributed by atoms with Gasteiger partial charge in [-0.1, -0.05) is 75.4 Å². The quantitative estimate of drug-likeness (QED) is 0.299. The van der Waals surface area contributed by atoms with Gasteiger partial charge in [0.05, 0.1) is 17.6 Å². The molecule has 0 saturated heterocycles. The van der Waals surface area contributed by atoms with Gasteiger partial charge >= 0.3 is 5.97 Å². The van der Waals surface area contributed by atoms with E-state index in [0.717, 1.165) is 16.7 Å². The van der Waals surface area contributed by atoms with E-state index in [1.165, 1.54) is 24.3 Å². The molecule has 1 heterocycles. The molecule has 0 fully saturated rings. The smallest absolute Gasteiger partial charge is 0.335 e. The lowest BCUT2D eigenvalue weighted by molar-refractivity contribution is -0.143. The number of benzene rings is 3. The predicted molar refractivity (Wildman–Crippen MR) is 174 cm³/mol. The number of rotatable bonds is 11. The van der Waals surface area contributed by atoms with Crippen molar-refractivity contribution in [2.45, 2.75) is 65.2 Å². The molecule has 1 aliphatic rings. The first-order valence-corrected chi connectivity index (χ1v) is 15.4. The second kappa shape index (κ2) is 14.5. The molecule has 0 aliphatic carbocycles. The Kier molecular flexibility index (Phi) is 10.8. The van der Waals surface area contributed by atoms with Gasteiger partial charge in [0.15, 0.2) is 0 Å². The van der Waals surface area contributed by atoms with Crippen LogP contribution in [0.1, 0.15) is 65.1 Å². The molecule has 0 radical (unpaired) electrons. The summed E-state index contributed by atoms with van der Waals surface area (Å²) < 4.78 is 0. The highest BCUT2D eigenvalue weighted by atomic mass is 16.4. The summed E-state index contributed by atoms with van der Waals surface area (Å²) in [5.41, 5.74) is 3.14. The van der Waals surface area contributed by atoms with Crippen LogP contribution in [0.2, 0.25) is 0 Å². The van der Waals surface area contributed by atoms with Crippen LogP contribution in [0.15, 0.2) is 78.9 Å². The van der Waals surface area contributed by atoms with Crippen LogP contribution < -0.4 is 10.6 Å². The fraction of sp³-hybridized carbons (Fsp3) is 0.389. The Morgan fingerprint density at radius 2 is 1.51 bits per heavy atom. The average molecular weight is 613 g/mol. The molecule has 238 valence electrons. The zero-order valence-electron chi connectivity index (χ0n) is 26.7. The van der Waals surface area contributed by atoms with Crippen molar-refractivity contribution < 1.29 is 24.3 Å². The summed E-state index contributed by atoms with van der Waals surface area (Å²) in [6.45, 7) is 8.58. The van der Waals surface area contributed by atoms with Crippen LogP contribution >= 0.6 is 0 Å². The zero-order valence-corrected chi connectivity index (χ0v) is 26.7. The number of nitrogens with zero attached hydrogens (tertiary/aromatic N) is 2. The lowest BCUT2D eigenvalue weighted by Gasteiger charge is -2.43. The van der Waals surface area contributed by atoms with Crippen molar-refractivity contribution >= 4 is 23.7 Å². The molecule has 0 aromatic heterocycles. The molecule has 3 N–H and O–H groups in total. The molecule has 0 spiro atoms. The third kappa shape index (κ3) is 8.36. The monoisotopic (exact) mass is 612 g/mol. The van der Waals surface area contributed by atoms with Crippen LogP contribution in [0.5, 0.6) is 0 Å². The number of fused-ring (bicyclic) bond motifs is 1. The van der Waals surface area contributed by atoms with E-state index in [-0.39, 0.29) is 35.9 Å². The molecule has 1 aliphatic heterocycles. The standard InChI is InChI=1S/C36H44N4O5/c1-24(37-5)32(41)38-31(36(2,3)4)34(43)40-22-29-14-10-9-13-28(29)21-30(40)23-39(20-19-25-11-7-6-8-12-25)33(42)26-15-17-27(18-16-26)35(44)45/h6-18,24,30-31,37H,19-23H2,1-5H3,(H,38,41)(H,44,45). The van der Waals surface area contributed by atoms with Crippen molar-refractivity contribution in [2.24, 2.45) is 5.41 Å². The Hall–Kier alpha value is -4.50. The number of carboxylic acid groups (broad SMARTS) is 1. The van der Waals surface area contributed by atoms with Gasteiger partial charge in [-0.2, -0.15) is 0 Å². The van der Waals surface area contributed by atoms with Gasteiger partial charge in [-0.15, -0.1) is 0 Å². The average Bonchev–Trinajstić information content (AvgIpc) is 3.03. The molecule has 45 heavy (non-hydrogen) atoms. The highest BCUT2D eigenvalue weighted by Crippen LogP contribution is 2.29. The topological polar surface area (TPSA) is 119 Å². The maximum atomic E-state index is 14.4. The Labute approximate surface area is 265 Å². The molecule has 3 amide bonds. The number of hydrogen-bond acceptors (Lipinski definition) is 5. The third-order valence-corrected chi connectivity index (χ3v) is 8.47. The minimum atomic E-state index is -1.06. The summed E-state index contributed by atoms with van der Waals surface area (Å²) in [6.07, 6.45) is 1.16. The highest BCUT2D eigenvalue weighted by Gasteiger charge is 2.41. The Morgan fingerprint density at radius 1 is 0.911 bits per heavy atom. The first-order valence-electron chi connectivity index (χ1n) is 15.4. The number of carboxylic acids is 1. The van der Waals surface area contributed by atoms with Crippen molar-refractivity contribution in [2.75, 3.05) is 20.1 Å². The molecule has 3 atom stereocenters. The number of carbonyl (C=O) groups excluding carboxylic acids is 3. The Balaban J connectivity index is 1.68. The summed E-state index contributed by atoms with van der Waals surface area (Å²) in [5.74, 6) is -1.75. The Morgan fingerprint density at radius 3 is 2.11 bits per heavy atom. The summed E-state index contributed by atoms with van der Waals surface area (Å²) >= 11 is 0. The zero-order chi connectivity index (χ0) is 32.7. The minimum absolute atomic E-state index is 0.103. The van der Waals surface area contributed by atoms with E-state index in [9.17, 15) is 24.3 Å². The van der Waals surface area contributed by atoms with Crippen LogP contribution in [0, 0.1) is 5.41 Å². The predicted octanol–water partition coefficient (Wildman–Crippen LogP) is 4.16. The van der Waals surface area contributed by atoms with E-state index < -0.39 is 23.5 Å². The number of amides is 3. The van der Waals surface area contributed by atoms with E-state index in [1.54, 1.807) is 18.9 Å². The van der Waals surface area contributed by atoms with Crippen LogP contribution in [0.25, 0.3) is 0 Å². The molecule has 3 unspecified atom stereocenters. The van der Waals surface area contributed by atoms with Gasteiger partial charge in [0.25, 0.3) is 5.91 Å². The van der Waals surface area contributed by atoms with Crippen molar-refractivity contribution in [1.82, 2.24) is 20.4 Å². The highest BCUT2D eigenvalue weighted by molar-refractivity contribution is 5.96. The molecule has 3 aromatic carbocycles. The normalized spacial score (nSPS) is 15.8. The fourth-order valence-electron chi connectivity index (χ4n) is 5.60. The van der Waals surface area contributed by atoms with Crippen LogP contribution in [0.3, 0.4) is 0 Å². The maximum Gasteiger partial charge on any atom is 0.335 e. The summed E-state index contributed by atoms with van der Waals surface area (Å²) in [6, 6.07) is 22.2. The van der Waals surface area contributed by atoms with Crippen molar-refractivity contribution in [3.05, 3.63) is 107 Å². The van der Waals surface area contributed by atoms with E-state index in [2.05, 4.69) is 16.7 Å². The van der Waals surface area contributed by atoms with Gasteiger partial charge in [0, 0.05) is 25.2 Å². The van der Waals surface area contributed by atoms with E-state index in [0.29, 0.717) is 31.5 Å². The summed E-state index contributed by atoms with van der Waals surface area (Å²) in [5, 5.41) is 15.3. The lowest BCUT2D eigenvalue weighted by atomic mass is 9.84. The van der Waals surface area contributed by atoms with Gasteiger partial charge in [0.1, 0.15) is 6.04 Å². The molecular formula is C36H44N4O5. The number of carbonyl (C=O) groups is 4. The van der Waals surface area contributed by atoms with Gasteiger partial charge in [-0.25, -0.2) is 4.79 Å². The molecule has 0 bridgehead atoms. The van der Waals surface area contributed by atoms with Gasteiger partial charge < -0.3 is 25.5 Å². The van der Waals surface area contributed by atoms with Gasteiger partial charge in [-0.3, -0.25) is 14.4 Å². The molecule has 0 saturated carbocycles. The van der Waals surface area contributed by atoms with E-state index in [1.807, 2.05) is 74.2 Å². The molecule has 9 nitrogen and oxygen atoms in total. The molecule has 4 rings (SSSR count). The third-order valence-electron chi connectivity index (χ3n) is 8.47. The minimum Gasteiger partial charge on any atom is -0.478 e. The van der Waals surface area contributed by atoms with Crippen LogP contribution in [-0.2, 0) is 29.0 Å². The van der Waals surface area contributed by atoms with Crippen molar-refractivity contribution in [1.29, 1.82) is 0 Å². The first kappa shape index (κ1) is 33.4. The largest absolute Gasteiger partial charge is 0.478 e.